The van der Waals surface area contributed by atoms with E-state index in [1.807, 2.05) is 34.9 Å². The molecule has 0 radical (unpaired) electrons. The third kappa shape index (κ3) is 2.18. The van der Waals surface area contributed by atoms with E-state index in [4.69, 9.17) is 0 Å². The lowest BCUT2D eigenvalue weighted by Gasteiger charge is -2.01. The topological polar surface area (TPSA) is 21.5 Å². The van der Waals surface area contributed by atoms with E-state index in [0.717, 1.165) is 22.9 Å². The minimum absolute atomic E-state index is 0.706. The summed E-state index contributed by atoms with van der Waals surface area (Å²) in [5.41, 5.74) is 5.01. The molecule has 1 aromatic carbocycles. The van der Waals surface area contributed by atoms with Gasteiger partial charge in [0.25, 0.3) is 0 Å². The first kappa shape index (κ1) is 12.4. The van der Waals surface area contributed by atoms with Gasteiger partial charge in [-0.2, -0.15) is 0 Å². The molecule has 2 aromatic heterocycles. The summed E-state index contributed by atoms with van der Waals surface area (Å²) in [5.74, 6) is 0. The van der Waals surface area contributed by atoms with Crippen LogP contribution < -0.4 is 0 Å². The van der Waals surface area contributed by atoms with Crippen molar-refractivity contribution in [1.29, 1.82) is 0 Å². The molecule has 0 saturated heterocycles. The van der Waals surface area contributed by atoms with Crippen LogP contribution in [0.4, 0.5) is 0 Å². The van der Waals surface area contributed by atoms with Gasteiger partial charge in [0.15, 0.2) is 6.29 Å². The average molecular weight is 361 g/mol. The van der Waals surface area contributed by atoms with E-state index < -0.39 is 0 Å². The number of fused-ring (bicyclic) bond motifs is 1. The number of hydrogen-bond acceptors (Lipinski definition) is 1. The predicted octanol–water partition coefficient (Wildman–Crippen LogP) is 4.33. The standard InChI is InChI=1S/C16H12INO/c1-11-5-6-18-14(7-11)9-15(16(18)10-19)12-3-2-4-13(17)8-12/h2-10H,1H3. The highest BCUT2D eigenvalue weighted by molar-refractivity contribution is 14.1. The van der Waals surface area contributed by atoms with Crippen LogP contribution in [-0.4, -0.2) is 10.7 Å². The monoisotopic (exact) mass is 361 g/mol. The van der Waals surface area contributed by atoms with Crippen molar-refractivity contribution in [2.24, 2.45) is 0 Å². The number of benzene rings is 1. The van der Waals surface area contributed by atoms with E-state index in [-0.39, 0.29) is 0 Å². The smallest absolute Gasteiger partial charge is 0.167 e. The maximum absolute atomic E-state index is 11.4. The summed E-state index contributed by atoms with van der Waals surface area (Å²) in [6.07, 6.45) is 2.88. The highest BCUT2D eigenvalue weighted by Crippen LogP contribution is 2.28. The zero-order chi connectivity index (χ0) is 13.4. The average Bonchev–Trinajstić information content (AvgIpc) is 2.76. The van der Waals surface area contributed by atoms with Crippen LogP contribution in [0, 0.1) is 10.5 Å². The fourth-order valence-electron chi connectivity index (χ4n) is 2.32. The van der Waals surface area contributed by atoms with Gasteiger partial charge < -0.3 is 4.40 Å². The quantitative estimate of drug-likeness (QED) is 0.492. The fourth-order valence-corrected chi connectivity index (χ4v) is 2.86. The highest BCUT2D eigenvalue weighted by atomic mass is 127. The van der Waals surface area contributed by atoms with Gasteiger partial charge in [-0.3, -0.25) is 4.79 Å². The Bertz CT molecular complexity index is 774. The zero-order valence-electron chi connectivity index (χ0n) is 10.4. The van der Waals surface area contributed by atoms with Crippen molar-refractivity contribution < 1.29 is 4.79 Å². The Morgan fingerprint density at radius 2 is 2.00 bits per heavy atom. The third-order valence-corrected chi connectivity index (χ3v) is 3.89. The second kappa shape index (κ2) is 4.81. The summed E-state index contributed by atoms with van der Waals surface area (Å²) < 4.78 is 3.10. The van der Waals surface area contributed by atoms with E-state index in [9.17, 15) is 4.79 Å². The van der Waals surface area contributed by atoms with Gasteiger partial charge in [-0.1, -0.05) is 12.1 Å². The Hall–Kier alpha value is -1.62. The summed E-state index contributed by atoms with van der Waals surface area (Å²) in [4.78, 5) is 11.4. The van der Waals surface area contributed by atoms with Gasteiger partial charge in [-0.15, -0.1) is 0 Å². The zero-order valence-corrected chi connectivity index (χ0v) is 12.6. The van der Waals surface area contributed by atoms with Crippen LogP contribution in [0.2, 0.25) is 0 Å². The summed E-state index contributed by atoms with van der Waals surface area (Å²) in [6, 6.07) is 14.4. The molecule has 0 N–H and O–H groups in total. The van der Waals surface area contributed by atoms with Crippen molar-refractivity contribution in [3.05, 3.63) is 63.5 Å². The lowest BCUT2D eigenvalue weighted by atomic mass is 10.1. The number of rotatable bonds is 2. The van der Waals surface area contributed by atoms with Crippen molar-refractivity contribution in [3.63, 3.8) is 0 Å². The lowest BCUT2D eigenvalue weighted by molar-refractivity contribution is 0.111. The minimum atomic E-state index is 0.706. The van der Waals surface area contributed by atoms with Crippen LogP contribution >= 0.6 is 22.6 Å². The summed E-state index contributed by atoms with van der Waals surface area (Å²) in [6.45, 7) is 2.05. The number of aromatic nitrogens is 1. The molecule has 3 heteroatoms. The van der Waals surface area contributed by atoms with E-state index >= 15 is 0 Å². The van der Waals surface area contributed by atoms with Crippen molar-refractivity contribution in [2.75, 3.05) is 0 Å². The Morgan fingerprint density at radius 1 is 1.16 bits per heavy atom. The van der Waals surface area contributed by atoms with E-state index in [1.165, 1.54) is 9.13 Å². The molecule has 94 valence electrons. The van der Waals surface area contributed by atoms with Gasteiger partial charge in [-0.25, -0.2) is 0 Å². The van der Waals surface area contributed by atoms with Crippen LogP contribution in [0.15, 0.2) is 48.7 Å². The van der Waals surface area contributed by atoms with Crippen LogP contribution in [-0.2, 0) is 0 Å². The number of carbonyl (C=O) groups is 1. The molecule has 0 spiro atoms. The van der Waals surface area contributed by atoms with Gasteiger partial charge in [-0.05, 0) is 71.0 Å². The molecule has 0 fully saturated rings. The maximum Gasteiger partial charge on any atom is 0.167 e. The number of halogens is 1. The highest BCUT2D eigenvalue weighted by Gasteiger charge is 2.11. The molecule has 0 aliphatic rings. The molecule has 0 amide bonds. The number of pyridine rings is 1. The molecule has 2 nitrogen and oxygen atoms in total. The van der Waals surface area contributed by atoms with Gasteiger partial charge >= 0.3 is 0 Å². The van der Waals surface area contributed by atoms with Gasteiger partial charge in [0.05, 0.1) is 5.69 Å². The van der Waals surface area contributed by atoms with Crippen molar-refractivity contribution in [2.45, 2.75) is 6.92 Å². The Kier molecular flexibility index (Phi) is 3.14. The van der Waals surface area contributed by atoms with E-state index in [2.05, 4.69) is 47.7 Å². The summed E-state index contributed by atoms with van der Waals surface area (Å²) >= 11 is 2.28. The molecule has 0 aliphatic heterocycles. The van der Waals surface area contributed by atoms with Crippen LogP contribution in [0.1, 0.15) is 16.1 Å². The first-order valence-corrected chi connectivity index (χ1v) is 7.10. The molecule has 0 aliphatic carbocycles. The molecule has 19 heavy (non-hydrogen) atoms. The maximum atomic E-state index is 11.4. The van der Waals surface area contributed by atoms with Crippen molar-refractivity contribution in [1.82, 2.24) is 4.40 Å². The molecule has 0 atom stereocenters. The first-order valence-electron chi connectivity index (χ1n) is 6.02. The molecular formula is C16H12INO. The number of nitrogens with zero attached hydrogens (tertiary/aromatic N) is 1. The SMILES string of the molecule is Cc1ccn2c(C=O)c(-c3cccc(I)c3)cc2c1. The van der Waals surface area contributed by atoms with Gasteiger partial charge in [0.1, 0.15) is 0 Å². The normalized spacial score (nSPS) is 10.8. The lowest BCUT2D eigenvalue weighted by Crippen LogP contribution is -1.92. The molecule has 0 bridgehead atoms. The molecule has 3 aromatic rings. The number of carbonyl (C=O) groups excluding carboxylic acids is 1. The second-order valence-corrected chi connectivity index (χ2v) is 5.82. The molecular weight excluding hydrogens is 349 g/mol. The first-order chi connectivity index (χ1) is 9.19. The van der Waals surface area contributed by atoms with Crippen molar-refractivity contribution >= 4 is 34.4 Å². The Labute approximate surface area is 125 Å². The molecule has 2 heterocycles. The van der Waals surface area contributed by atoms with Gasteiger partial charge in [0, 0.05) is 20.8 Å². The Balaban J connectivity index is 2.31. The number of aryl methyl sites for hydroxylation is 1. The van der Waals surface area contributed by atoms with Crippen LogP contribution in [0.5, 0.6) is 0 Å². The van der Waals surface area contributed by atoms with E-state index in [0.29, 0.717) is 5.69 Å². The Morgan fingerprint density at radius 3 is 2.74 bits per heavy atom. The summed E-state index contributed by atoms with van der Waals surface area (Å²) in [7, 11) is 0. The molecule has 0 unspecified atom stereocenters. The minimum Gasteiger partial charge on any atom is -0.314 e. The largest absolute Gasteiger partial charge is 0.314 e. The van der Waals surface area contributed by atoms with Crippen LogP contribution in [0.25, 0.3) is 16.6 Å². The molecule has 3 rings (SSSR count). The van der Waals surface area contributed by atoms with Gasteiger partial charge in [0.2, 0.25) is 0 Å². The second-order valence-electron chi connectivity index (χ2n) is 4.57. The molecule has 0 saturated carbocycles. The van der Waals surface area contributed by atoms with E-state index in [1.54, 1.807) is 0 Å². The number of hydrogen-bond donors (Lipinski definition) is 0. The van der Waals surface area contributed by atoms with Crippen molar-refractivity contribution in [3.8, 4) is 11.1 Å². The predicted molar refractivity (Wildman–Crippen MR) is 85.7 cm³/mol. The summed E-state index contributed by atoms with van der Waals surface area (Å²) in [5, 5.41) is 0. The fraction of sp³-hybridized carbons (Fsp3) is 0.0625. The number of aldehydes is 1. The third-order valence-electron chi connectivity index (χ3n) is 3.22. The van der Waals surface area contributed by atoms with Crippen LogP contribution in [0.3, 0.4) is 0 Å².